The lowest BCUT2D eigenvalue weighted by Crippen LogP contribution is -2.47. The molecule has 1 saturated heterocycles. The highest BCUT2D eigenvalue weighted by Crippen LogP contribution is 2.39. The molecule has 0 unspecified atom stereocenters. The fourth-order valence-electron chi connectivity index (χ4n) is 5.24. The first-order valence-electron chi connectivity index (χ1n) is 10.0. The quantitative estimate of drug-likeness (QED) is 0.833. The van der Waals surface area contributed by atoms with E-state index in [1.54, 1.807) is 6.20 Å². The molecule has 26 heavy (non-hydrogen) atoms. The number of likely N-dealkylation sites (N-methyl/N-ethyl adjacent to an activating group) is 1. The molecule has 0 radical (unpaired) electrons. The van der Waals surface area contributed by atoms with E-state index in [4.69, 9.17) is 4.74 Å². The van der Waals surface area contributed by atoms with Gasteiger partial charge in [0.15, 0.2) is 0 Å². The van der Waals surface area contributed by atoms with Crippen LogP contribution in [0.25, 0.3) is 0 Å². The first kappa shape index (κ1) is 17.9. The number of methoxy groups -OCH3 is 1. The maximum absolute atomic E-state index is 13.1. The van der Waals surface area contributed by atoms with Gasteiger partial charge in [0.1, 0.15) is 0 Å². The summed E-state index contributed by atoms with van der Waals surface area (Å²) in [5.41, 5.74) is 3.25. The third kappa shape index (κ3) is 3.27. The zero-order chi connectivity index (χ0) is 18.3. The number of fused-ring (bicyclic) bond motifs is 2. The predicted molar refractivity (Wildman–Crippen MR) is 101 cm³/mol. The molecule has 2 heterocycles. The number of hydrogen-bond acceptors (Lipinski definition) is 4. The number of aryl methyl sites for hydroxylation is 2. The molecule has 1 saturated carbocycles. The van der Waals surface area contributed by atoms with Crippen molar-refractivity contribution in [1.82, 2.24) is 14.8 Å². The van der Waals surface area contributed by atoms with Gasteiger partial charge in [0.25, 0.3) is 5.91 Å². The molecule has 0 N–H and O–H groups in total. The van der Waals surface area contributed by atoms with Gasteiger partial charge in [-0.25, -0.2) is 0 Å². The standard InChI is InChI=1S/C21H31N3O2/c1-23(2)19-9-16-12-24(13-17(16)10-20(19)26-3)21(25)15-8-14-6-4-5-7-18(14)22-11-15/h8,11,16-17,19-20H,4-7,9-10,12-13H2,1-3H3/t16-,17+,19-,20-/m1/s1. The Labute approximate surface area is 156 Å². The number of carbonyl (C=O) groups is 1. The van der Waals surface area contributed by atoms with Crippen molar-refractivity contribution >= 4 is 5.91 Å². The van der Waals surface area contributed by atoms with Crippen LogP contribution in [0.4, 0.5) is 0 Å². The SMILES string of the molecule is CO[C@@H]1C[C@H]2CN(C(=O)c3cnc4c(c3)CCCC4)C[C@H]2C[C@H]1N(C)C. The summed E-state index contributed by atoms with van der Waals surface area (Å²) < 4.78 is 5.76. The highest BCUT2D eigenvalue weighted by molar-refractivity contribution is 5.94. The summed E-state index contributed by atoms with van der Waals surface area (Å²) in [5.74, 6) is 1.31. The molecule has 1 aromatic rings. The number of hydrogen-bond donors (Lipinski definition) is 0. The second-order valence-electron chi connectivity index (χ2n) is 8.54. The molecule has 1 amide bonds. The van der Waals surface area contributed by atoms with Crippen LogP contribution in [0.15, 0.2) is 12.3 Å². The Morgan fingerprint density at radius 1 is 1.19 bits per heavy atom. The number of carbonyl (C=O) groups excluding carboxylic acids is 1. The molecular weight excluding hydrogens is 326 g/mol. The van der Waals surface area contributed by atoms with Crippen LogP contribution in [0.2, 0.25) is 0 Å². The molecule has 4 rings (SSSR count). The molecule has 4 atom stereocenters. The maximum Gasteiger partial charge on any atom is 0.255 e. The van der Waals surface area contributed by atoms with E-state index >= 15 is 0 Å². The Bertz CT molecular complexity index is 675. The Hall–Kier alpha value is -1.46. The Morgan fingerprint density at radius 2 is 1.92 bits per heavy atom. The van der Waals surface area contributed by atoms with Crippen LogP contribution in [0, 0.1) is 11.8 Å². The van der Waals surface area contributed by atoms with Crippen molar-refractivity contribution in [3.8, 4) is 0 Å². The van der Waals surface area contributed by atoms with Crippen LogP contribution in [0.5, 0.6) is 0 Å². The number of likely N-dealkylation sites (tertiary alicyclic amines) is 1. The number of rotatable bonds is 3. The smallest absolute Gasteiger partial charge is 0.255 e. The molecule has 5 nitrogen and oxygen atoms in total. The summed E-state index contributed by atoms with van der Waals surface area (Å²) in [5, 5.41) is 0. The Kier molecular flexibility index (Phi) is 5.02. The second-order valence-corrected chi connectivity index (χ2v) is 8.54. The summed E-state index contributed by atoms with van der Waals surface area (Å²) in [6.07, 6.45) is 8.79. The molecule has 2 aliphatic carbocycles. The normalized spacial score (nSPS) is 31.0. The van der Waals surface area contributed by atoms with Crippen LogP contribution in [0.1, 0.15) is 47.3 Å². The van der Waals surface area contributed by atoms with E-state index in [1.807, 2.05) is 7.11 Å². The van der Waals surface area contributed by atoms with Crippen molar-refractivity contribution in [3.05, 3.63) is 29.1 Å². The van der Waals surface area contributed by atoms with Crippen molar-refractivity contribution < 1.29 is 9.53 Å². The van der Waals surface area contributed by atoms with Gasteiger partial charge in [-0.05, 0) is 76.1 Å². The number of amides is 1. The van der Waals surface area contributed by atoms with Gasteiger partial charge < -0.3 is 14.5 Å². The minimum absolute atomic E-state index is 0.163. The topological polar surface area (TPSA) is 45.7 Å². The van der Waals surface area contributed by atoms with Gasteiger partial charge in [-0.15, -0.1) is 0 Å². The van der Waals surface area contributed by atoms with Gasteiger partial charge in [-0.3, -0.25) is 9.78 Å². The number of ether oxygens (including phenoxy) is 1. The third-order valence-corrected chi connectivity index (χ3v) is 6.75. The van der Waals surface area contributed by atoms with E-state index in [0.29, 0.717) is 17.9 Å². The van der Waals surface area contributed by atoms with Crippen LogP contribution < -0.4 is 0 Å². The molecule has 1 aromatic heterocycles. The van der Waals surface area contributed by atoms with Crippen LogP contribution in [0.3, 0.4) is 0 Å². The molecule has 2 fully saturated rings. The monoisotopic (exact) mass is 357 g/mol. The Morgan fingerprint density at radius 3 is 2.65 bits per heavy atom. The average Bonchev–Trinajstić information content (AvgIpc) is 3.08. The van der Waals surface area contributed by atoms with Crippen LogP contribution in [-0.4, -0.2) is 67.1 Å². The minimum Gasteiger partial charge on any atom is -0.380 e. The average molecular weight is 357 g/mol. The zero-order valence-corrected chi connectivity index (χ0v) is 16.3. The fourth-order valence-corrected chi connectivity index (χ4v) is 5.24. The first-order chi connectivity index (χ1) is 12.6. The lowest BCUT2D eigenvalue weighted by Gasteiger charge is -2.40. The molecule has 0 spiro atoms. The molecule has 0 aromatic carbocycles. The van der Waals surface area contributed by atoms with E-state index in [9.17, 15) is 4.79 Å². The van der Waals surface area contributed by atoms with Gasteiger partial charge in [0.2, 0.25) is 0 Å². The highest BCUT2D eigenvalue weighted by atomic mass is 16.5. The van der Waals surface area contributed by atoms with E-state index in [-0.39, 0.29) is 12.0 Å². The fraction of sp³-hybridized carbons (Fsp3) is 0.714. The van der Waals surface area contributed by atoms with E-state index in [1.165, 1.54) is 24.1 Å². The molecule has 5 heteroatoms. The number of pyridine rings is 1. The summed E-state index contributed by atoms with van der Waals surface area (Å²) >= 11 is 0. The summed E-state index contributed by atoms with van der Waals surface area (Å²) in [6.45, 7) is 1.74. The van der Waals surface area contributed by atoms with Crippen molar-refractivity contribution in [3.63, 3.8) is 0 Å². The molecular formula is C21H31N3O2. The molecule has 3 aliphatic rings. The van der Waals surface area contributed by atoms with Crippen LogP contribution >= 0.6 is 0 Å². The van der Waals surface area contributed by atoms with Crippen molar-refractivity contribution in [2.45, 2.75) is 50.7 Å². The van der Waals surface area contributed by atoms with E-state index in [0.717, 1.165) is 44.3 Å². The summed E-state index contributed by atoms with van der Waals surface area (Å²) in [7, 11) is 6.08. The maximum atomic E-state index is 13.1. The lowest BCUT2D eigenvalue weighted by molar-refractivity contribution is -0.0209. The van der Waals surface area contributed by atoms with Crippen LogP contribution in [-0.2, 0) is 17.6 Å². The largest absolute Gasteiger partial charge is 0.380 e. The van der Waals surface area contributed by atoms with Gasteiger partial charge in [0, 0.05) is 38.1 Å². The summed E-state index contributed by atoms with van der Waals surface area (Å²) in [4.78, 5) is 22.0. The van der Waals surface area contributed by atoms with E-state index < -0.39 is 0 Å². The van der Waals surface area contributed by atoms with Crippen molar-refractivity contribution in [2.24, 2.45) is 11.8 Å². The van der Waals surface area contributed by atoms with Gasteiger partial charge in [-0.2, -0.15) is 0 Å². The zero-order valence-electron chi connectivity index (χ0n) is 16.3. The minimum atomic E-state index is 0.163. The second kappa shape index (κ2) is 7.28. The summed E-state index contributed by atoms with van der Waals surface area (Å²) in [6, 6.07) is 2.55. The number of aromatic nitrogens is 1. The highest BCUT2D eigenvalue weighted by Gasteiger charge is 2.44. The predicted octanol–water partition coefficient (Wildman–Crippen LogP) is 2.39. The lowest BCUT2D eigenvalue weighted by atomic mass is 9.77. The molecule has 1 aliphatic heterocycles. The van der Waals surface area contributed by atoms with Gasteiger partial charge >= 0.3 is 0 Å². The third-order valence-electron chi connectivity index (χ3n) is 6.75. The molecule has 142 valence electrons. The van der Waals surface area contributed by atoms with E-state index in [2.05, 4.69) is 34.9 Å². The van der Waals surface area contributed by atoms with Crippen molar-refractivity contribution in [2.75, 3.05) is 34.3 Å². The number of nitrogens with zero attached hydrogens (tertiary/aromatic N) is 3. The van der Waals surface area contributed by atoms with Gasteiger partial charge in [-0.1, -0.05) is 0 Å². The first-order valence-corrected chi connectivity index (χ1v) is 10.0. The molecule has 0 bridgehead atoms. The van der Waals surface area contributed by atoms with Gasteiger partial charge in [0.05, 0.1) is 11.7 Å². The Balaban J connectivity index is 1.47. The van der Waals surface area contributed by atoms with Crippen molar-refractivity contribution in [1.29, 1.82) is 0 Å².